The first-order valence-corrected chi connectivity index (χ1v) is 5.59. The van der Waals surface area contributed by atoms with Crippen molar-refractivity contribution >= 4 is 17.9 Å². The van der Waals surface area contributed by atoms with Crippen LogP contribution in [0.15, 0.2) is 46.1 Å². The van der Waals surface area contributed by atoms with Crippen molar-refractivity contribution in [2.45, 2.75) is 25.7 Å². The van der Waals surface area contributed by atoms with Crippen molar-refractivity contribution in [3.63, 3.8) is 0 Å². The Balaban J connectivity index is 2.25. The normalized spacial score (nSPS) is 21.1. The Morgan fingerprint density at radius 1 is 1.20 bits per heavy atom. The highest BCUT2D eigenvalue weighted by Gasteiger charge is 2.14. The molecule has 0 spiro atoms. The minimum Gasteiger partial charge on any atom is -0.298 e. The van der Waals surface area contributed by atoms with Crippen LogP contribution >= 0.6 is 11.6 Å². The van der Waals surface area contributed by atoms with Gasteiger partial charge in [-0.1, -0.05) is 29.8 Å². The highest BCUT2D eigenvalue weighted by molar-refractivity contribution is 6.33. The molecule has 0 atom stereocenters. The lowest BCUT2D eigenvalue weighted by atomic mass is 9.89. The summed E-state index contributed by atoms with van der Waals surface area (Å²) >= 11 is 6.02. The van der Waals surface area contributed by atoms with Crippen LogP contribution in [0.5, 0.6) is 0 Å². The lowest BCUT2D eigenvalue weighted by Crippen LogP contribution is -2.01. The quantitative estimate of drug-likeness (QED) is 0.649. The number of aldehydes is 1. The van der Waals surface area contributed by atoms with Gasteiger partial charge in [-0.05, 0) is 42.9 Å². The van der Waals surface area contributed by atoms with E-state index in [0.29, 0.717) is 5.03 Å². The van der Waals surface area contributed by atoms with E-state index in [-0.39, 0.29) is 0 Å². The highest BCUT2D eigenvalue weighted by Crippen LogP contribution is 2.32. The van der Waals surface area contributed by atoms with Crippen molar-refractivity contribution in [2.75, 3.05) is 0 Å². The Bertz CT molecular complexity index is 397. The fourth-order valence-corrected chi connectivity index (χ4v) is 2.22. The van der Waals surface area contributed by atoms with Gasteiger partial charge in [-0.15, -0.1) is 0 Å². The number of halogens is 1. The van der Waals surface area contributed by atoms with E-state index in [1.54, 1.807) is 0 Å². The third-order valence-electron chi connectivity index (χ3n) is 2.84. The van der Waals surface area contributed by atoms with Gasteiger partial charge in [0, 0.05) is 10.6 Å². The minimum atomic E-state index is 0.613. The van der Waals surface area contributed by atoms with Crippen molar-refractivity contribution in [1.82, 2.24) is 0 Å². The topological polar surface area (TPSA) is 17.1 Å². The summed E-state index contributed by atoms with van der Waals surface area (Å²) in [6.07, 6.45) is 13.1. The van der Waals surface area contributed by atoms with Gasteiger partial charge in [-0.3, -0.25) is 4.79 Å². The van der Waals surface area contributed by atoms with E-state index in [4.69, 9.17) is 11.6 Å². The van der Waals surface area contributed by atoms with E-state index in [2.05, 4.69) is 18.2 Å². The molecule has 0 aromatic carbocycles. The molecule has 15 heavy (non-hydrogen) atoms. The third kappa shape index (κ3) is 2.29. The summed E-state index contributed by atoms with van der Waals surface area (Å²) in [7, 11) is 0. The SMILES string of the molecule is O=CC1=C(Cl)C=C(C2=CC=CCC2)CC1. The average Bonchev–Trinajstić information content (AvgIpc) is 2.30. The lowest BCUT2D eigenvalue weighted by Gasteiger charge is -2.17. The number of carbonyl (C=O) groups is 1. The summed E-state index contributed by atoms with van der Waals surface area (Å²) in [5.74, 6) is 0. The lowest BCUT2D eigenvalue weighted by molar-refractivity contribution is -0.105. The predicted molar refractivity (Wildman–Crippen MR) is 62.7 cm³/mol. The first-order valence-electron chi connectivity index (χ1n) is 5.21. The average molecular weight is 221 g/mol. The molecule has 0 saturated carbocycles. The summed E-state index contributed by atoms with van der Waals surface area (Å²) in [6.45, 7) is 0. The summed E-state index contributed by atoms with van der Waals surface area (Å²) in [5, 5.41) is 0.613. The Kier molecular flexibility index (Phi) is 3.22. The van der Waals surface area contributed by atoms with E-state index < -0.39 is 0 Å². The van der Waals surface area contributed by atoms with Crippen molar-refractivity contribution in [3.05, 3.63) is 46.1 Å². The largest absolute Gasteiger partial charge is 0.298 e. The van der Waals surface area contributed by atoms with E-state index >= 15 is 0 Å². The van der Waals surface area contributed by atoms with Crippen molar-refractivity contribution in [2.24, 2.45) is 0 Å². The van der Waals surface area contributed by atoms with Crippen LogP contribution in [0.3, 0.4) is 0 Å². The third-order valence-corrected chi connectivity index (χ3v) is 3.19. The van der Waals surface area contributed by atoms with Gasteiger partial charge in [0.05, 0.1) is 0 Å². The zero-order valence-electron chi connectivity index (χ0n) is 8.50. The molecule has 0 bridgehead atoms. The second-order valence-electron chi connectivity index (χ2n) is 3.82. The number of carbonyl (C=O) groups excluding carboxylic acids is 1. The maximum Gasteiger partial charge on any atom is 0.147 e. The Hall–Kier alpha value is -1.08. The van der Waals surface area contributed by atoms with Gasteiger partial charge in [0.15, 0.2) is 0 Å². The summed E-state index contributed by atoms with van der Waals surface area (Å²) < 4.78 is 0. The fourth-order valence-electron chi connectivity index (χ4n) is 1.95. The molecule has 0 saturated heterocycles. The van der Waals surface area contributed by atoms with E-state index in [1.165, 1.54) is 11.1 Å². The smallest absolute Gasteiger partial charge is 0.147 e. The minimum absolute atomic E-state index is 0.613. The zero-order valence-corrected chi connectivity index (χ0v) is 9.26. The van der Waals surface area contributed by atoms with Gasteiger partial charge in [0.25, 0.3) is 0 Å². The summed E-state index contributed by atoms with van der Waals surface area (Å²) in [4.78, 5) is 10.7. The monoisotopic (exact) mass is 220 g/mol. The molecule has 0 aromatic rings. The van der Waals surface area contributed by atoms with Crippen LogP contribution in [-0.4, -0.2) is 6.29 Å². The van der Waals surface area contributed by atoms with Crippen LogP contribution < -0.4 is 0 Å². The molecule has 2 rings (SSSR count). The van der Waals surface area contributed by atoms with Gasteiger partial charge in [0.1, 0.15) is 6.29 Å². The first kappa shape index (κ1) is 10.4. The highest BCUT2D eigenvalue weighted by atomic mass is 35.5. The molecule has 2 aliphatic rings. The number of rotatable bonds is 2. The standard InChI is InChI=1S/C13H13ClO/c14-13-8-11(6-7-12(13)9-15)10-4-2-1-3-5-10/h1-2,4,8-9H,3,5-7H2. The van der Waals surface area contributed by atoms with Crippen LogP contribution in [0.1, 0.15) is 25.7 Å². The summed E-state index contributed by atoms with van der Waals surface area (Å²) in [6, 6.07) is 0. The molecule has 0 heterocycles. The molecular formula is C13H13ClO. The van der Waals surface area contributed by atoms with Crippen LogP contribution in [-0.2, 0) is 4.79 Å². The number of hydrogen-bond acceptors (Lipinski definition) is 1. The van der Waals surface area contributed by atoms with Crippen molar-refractivity contribution < 1.29 is 4.79 Å². The first-order chi connectivity index (χ1) is 7.31. The number of hydrogen-bond donors (Lipinski definition) is 0. The predicted octanol–water partition coefficient (Wildman–Crippen LogP) is 3.67. The van der Waals surface area contributed by atoms with Gasteiger partial charge >= 0.3 is 0 Å². The van der Waals surface area contributed by atoms with Crippen molar-refractivity contribution in [3.8, 4) is 0 Å². The molecule has 2 heteroatoms. The number of allylic oxidation sites excluding steroid dienone is 8. The Morgan fingerprint density at radius 2 is 2.07 bits per heavy atom. The Morgan fingerprint density at radius 3 is 2.67 bits per heavy atom. The molecule has 0 radical (unpaired) electrons. The van der Waals surface area contributed by atoms with Crippen molar-refractivity contribution in [1.29, 1.82) is 0 Å². The molecule has 0 aliphatic heterocycles. The molecule has 0 aromatic heterocycles. The molecule has 78 valence electrons. The maximum atomic E-state index is 10.7. The zero-order chi connectivity index (χ0) is 10.7. The van der Waals surface area contributed by atoms with E-state index in [1.807, 2.05) is 6.08 Å². The Labute approximate surface area is 94.8 Å². The summed E-state index contributed by atoms with van der Waals surface area (Å²) in [5.41, 5.74) is 3.38. The van der Waals surface area contributed by atoms with Gasteiger partial charge in [0.2, 0.25) is 0 Å². The fraction of sp³-hybridized carbons (Fsp3) is 0.308. The van der Waals surface area contributed by atoms with E-state index in [0.717, 1.165) is 37.5 Å². The molecule has 0 N–H and O–H groups in total. The van der Waals surface area contributed by atoms with Crippen LogP contribution in [0.25, 0.3) is 0 Å². The molecule has 2 aliphatic carbocycles. The molecule has 1 nitrogen and oxygen atoms in total. The molecule has 0 fully saturated rings. The van der Waals surface area contributed by atoms with Gasteiger partial charge < -0.3 is 0 Å². The van der Waals surface area contributed by atoms with E-state index in [9.17, 15) is 4.79 Å². The molecule has 0 unspecified atom stereocenters. The van der Waals surface area contributed by atoms with Crippen LogP contribution in [0.2, 0.25) is 0 Å². The molecule has 0 amide bonds. The molecular weight excluding hydrogens is 208 g/mol. The van der Waals surface area contributed by atoms with Crippen LogP contribution in [0.4, 0.5) is 0 Å². The van der Waals surface area contributed by atoms with Gasteiger partial charge in [-0.25, -0.2) is 0 Å². The van der Waals surface area contributed by atoms with Gasteiger partial charge in [-0.2, -0.15) is 0 Å². The van der Waals surface area contributed by atoms with Crippen LogP contribution in [0, 0.1) is 0 Å². The second-order valence-corrected chi connectivity index (χ2v) is 4.23. The second kappa shape index (κ2) is 4.63. The maximum absolute atomic E-state index is 10.7.